The van der Waals surface area contributed by atoms with Crippen LogP contribution in [0.1, 0.15) is 27.4 Å². The van der Waals surface area contributed by atoms with Crippen LogP contribution < -0.4 is 10.1 Å². The van der Waals surface area contributed by atoms with Crippen LogP contribution in [0.15, 0.2) is 16.7 Å². The van der Waals surface area contributed by atoms with Crippen molar-refractivity contribution in [3.05, 3.63) is 39.7 Å². The fourth-order valence-corrected chi connectivity index (χ4v) is 2.08. The molecule has 1 aromatic carbocycles. The molecule has 0 spiro atoms. The van der Waals surface area contributed by atoms with Crippen LogP contribution in [0.5, 0.6) is 5.75 Å². The van der Waals surface area contributed by atoms with E-state index >= 15 is 0 Å². The molecule has 0 aliphatic heterocycles. The Kier molecular flexibility index (Phi) is 3.99. The van der Waals surface area contributed by atoms with Crippen LogP contribution in [0.25, 0.3) is 0 Å². The van der Waals surface area contributed by atoms with Crippen LogP contribution in [0.3, 0.4) is 0 Å². The van der Waals surface area contributed by atoms with E-state index in [1.807, 2.05) is 6.92 Å². The lowest BCUT2D eigenvalue weighted by atomic mass is 10.1. The average Bonchev–Trinajstić information content (AvgIpc) is 2.73. The molecule has 6 heteroatoms. The van der Waals surface area contributed by atoms with Crippen LogP contribution in [-0.2, 0) is 0 Å². The molecule has 5 nitrogen and oxygen atoms in total. The predicted octanol–water partition coefficient (Wildman–Crippen LogP) is 3.51. The van der Waals surface area contributed by atoms with Gasteiger partial charge >= 0.3 is 0 Å². The number of ether oxygens (including phenoxy) is 1. The Bertz CT molecular complexity index is 645. The quantitative estimate of drug-likeness (QED) is 0.941. The third-order valence-corrected chi connectivity index (χ3v) is 3.40. The van der Waals surface area contributed by atoms with E-state index in [1.54, 1.807) is 26.0 Å². The van der Waals surface area contributed by atoms with Crippen molar-refractivity contribution in [2.75, 3.05) is 12.4 Å². The number of carbonyl (C=O) groups is 1. The van der Waals surface area contributed by atoms with E-state index in [0.717, 1.165) is 5.56 Å². The highest BCUT2D eigenvalue weighted by molar-refractivity contribution is 6.31. The van der Waals surface area contributed by atoms with Crippen LogP contribution in [0, 0.1) is 20.8 Å². The van der Waals surface area contributed by atoms with Crippen LogP contribution in [0.4, 0.5) is 5.69 Å². The summed E-state index contributed by atoms with van der Waals surface area (Å²) in [5.41, 5.74) is 2.38. The normalized spacial score (nSPS) is 10.4. The molecule has 2 aromatic rings. The number of rotatable bonds is 3. The fourth-order valence-electron chi connectivity index (χ4n) is 1.92. The molecule has 0 bridgehead atoms. The fraction of sp³-hybridized carbons (Fsp3) is 0.286. The van der Waals surface area contributed by atoms with Crippen molar-refractivity contribution in [2.45, 2.75) is 20.8 Å². The first-order valence-corrected chi connectivity index (χ1v) is 6.40. The van der Waals surface area contributed by atoms with Crippen molar-refractivity contribution in [1.29, 1.82) is 0 Å². The van der Waals surface area contributed by atoms with Crippen LogP contribution in [-0.4, -0.2) is 18.2 Å². The van der Waals surface area contributed by atoms with Gasteiger partial charge in [-0.1, -0.05) is 16.8 Å². The molecule has 0 atom stereocenters. The number of benzene rings is 1. The highest BCUT2D eigenvalue weighted by Gasteiger charge is 2.19. The number of aromatic nitrogens is 1. The first kappa shape index (κ1) is 14.4. The van der Waals surface area contributed by atoms with Crippen molar-refractivity contribution in [1.82, 2.24) is 5.16 Å². The number of hydrogen-bond acceptors (Lipinski definition) is 4. The maximum Gasteiger partial charge on any atom is 0.261 e. The van der Waals surface area contributed by atoms with E-state index in [4.69, 9.17) is 20.9 Å². The Labute approximate surface area is 121 Å². The maximum atomic E-state index is 12.3. The molecule has 0 radical (unpaired) electrons. The van der Waals surface area contributed by atoms with Gasteiger partial charge < -0.3 is 14.6 Å². The molecule has 0 unspecified atom stereocenters. The van der Waals surface area contributed by atoms with Crippen LogP contribution >= 0.6 is 11.6 Å². The van der Waals surface area contributed by atoms with E-state index in [2.05, 4.69) is 10.5 Å². The SMILES string of the molecule is COc1cc(Cl)c(C)cc1NC(=O)c1c(C)noc1C. The maximum absolute atomic E-state index is 12.3. The van der Waals surface area contributed by atoms with Gasteiger partial charge in [-0.2, -0.15) is 0 Å². The standard InChI is InChI=1S/C14H15ClN2O3/c1-7-5-11(12(19-4)6-10(7)15)16-14(18)13-8(2)17-20-9(13)3/h5-6H,1-4H3,(H,16,18). The van der Waals surface area contributed by atoms with Gasteiger partial charge in [-0.15, -0.1) is 0 Å². The summed E-state index contributed by atoms with van der Waals surface area (Å²) < 4.78 is 10.2. The van der Waals surface area contributed by atoms with Crippen LogP contribution in [0.2, 0.25) is 5.02 Å². The molecule has 0 aliphatic rings. The lowest BCUT2D eigenvalue weighted by Crippen LogP contribution is -2.14. The predicted molar refractivity (Wildman–Crippen MR) is 76.7 cm³/mol. The smallest absolute Gasteiger partial charge is 0.261 e. The Balaban J connectivity index is 2.35. The average molecular weight is 295 g/mol. The van der Waals surface area contributed by atoms with Crippen molar-refractivity contribution in [3.8, 4) is 5.75 Å². The number of carbonyl (C=O) groups excluding carboxylic acids is 1. The zero-order chi connectivity index (χ0) is 14.9. The van der Waals surface area contributed by atoms with Gasteiger partial charge in [-0.05, 0) is 32.4 Å². The molecule has 0 fully saturated rings. The van der Waals surface area contributed by atoms with Crippen molar-refractivity contribution >= 4 is 23.2 Å². The molecule has 0 saturated carbocycles. The second-order valence-corrected chi connectivity index (χ2v) is 4.86. The third-order valence-electron chi connectivity index (χ3n) is 2.99. The van der Waals surface area contributed by atoms with Gasteiger partial charge in [0, 0.05) is 11.1 Å². The molecule has 20 heavy (non-hydrogen) atoms. The second-order valence-electron chi connectivity index (χ2n) is 4.45. The van der Waals surface area contributed by atoms with Gasteiger partial charge in [0.05, 0.1) is 18.5 Å². The Morgan fingerprint density at radius 2 is 2.05 bits per heavy atom. The second kappa shape index (κ2) is 5.54. The number of halogens is 1. The zero-order valence-corrected chi connectivity index (χ0v) is 12.5. The number of amides is 1. The first-order valence-electron chi connectivity index (χ1n) is 6.02. The Morgan fingerprint density at radius 1 is 1.35 bits per heavy atom. The highest BCUT2D eigenvalue weighted by atomic mass is 35.5. The summed E-state index contributed by atoms with van der Waals surface area (Å²) in [5.74, 6) is 0.687. The lowest BCUT2D eigenvalue weighted by molar-refractivity contribution is 0.102. The monoisotopic (exact) mass is 294 g/mol. The van der Waals surface area contributed by atoms with Gasteiger partial charge in [0.1, 0.15) is 17.1 Å². The Morgan fingerprint density at radius 3 is 2.60 bits per heavy atom. The molecule has 0 aliphatic carbocycles. The van der Waals surface area contributed by atoms with Gasteiger partial charge in [-0.3, -0.25) is 4.79 Å². The summed E-state index contributed by atoms with van der Waals surface area (Å²) in [7, 11) is 1.52. The molecule has 0 saturated heterocycles. The molecule has 1 N–H and O–H groups in total. The summed E-state index contributed by atoms with van der Waals surface area (Å²) in [6.07, 6.45) is 0. The summed E-state index contributed by atoms with van der Waals surface area (Å²) >= 11 is 6.03. The molecule has 106 valence electrons. The first-order chi connectivity index (χ1) is 9.43. The number of hydrogen-bond donors (Lipinski definition) is 1. The summed E-state index contributed by atoms with van der Waals surface area (Å²) in [4.78, 5) is 12.3. The van der Waals surface area contributed by atoms with E-state index in [0.29, 0.717) is 33.5 Å². The Hall–Kier alpha value is -2.01. The van der Waals surface area contributed by atoms with Crippen molar-refractivity contribution in [3.63, 3.8) is 0 Å². The number of nitrogens with one attached hydrogen (secondary N) is 1. The summed E-state index contributed by atoms with van der Waals surface area (Å²) in [5, 5.41) is 7.14. The van der Waals surface area contributed by atoms with Gasteiger partial charge in [0.15, 0.2) is 0 Å². The zero-order valence-electron chi connectivity index (χ0n) is 11.7. The highest BCUT2D eigenvalue weighted by Crippen LogP contribution is 2.31. The minimum atomic E-state index is -0.290. The topological polar surface area (TPSA) is 64.4 Å². The minimum absolute atomic E-state index is 0.290. The van der Waals surface area contributed by atoms with Crippen molar-refractivity contribution < 1.29 is 14.1 Å². The largest absolute Gasteiger partial charge is 0.495 e. The number of anilines is 1. The van der Waals surface area contributed by atoms with Gasteiger partial charge in [0.2, 0.25) is 0 Å². The number of methoxy groups -OCH3 is 1. The summed E-state index contributed by atoms with van der Waals surface area (Å²) in [6, 6.07) is 3.43. The van der Waals surface area contributed by atoms with Gasteiger partial charge in [0.25, 0.3) is 5.91 Å². The van der Waals surface area contributed by atoms with Crippen molar-refractivity contribution in [2.24, 2.45) is 0 Å². The molecular weight excluding hydrogens is 280 g/mol. The molecular formula is C14H15ClN2O3. The van der Waals surface area contributed by atoms with E-state index in [1.165, 1.54) is 7.11 Å². The molecule has 1 amide bonds. The number of aryl methyl sites for hydroxylation is 3. The molecule has 1 heterocycles. The summed E-state index contributed by atoms with van der Waals surface area (Å²) in [6.45, 7) is 5.27. The van der Waals surface area contributed by atoms with E-state index < -0.39 is 0 Å². The molecule has 2 rings (SSSR count). The minimum Gasteiger partial charge on any atom is -0.495 e. The number of nitrogens with zero attached hydrogens (tertiary/aromatic N) is 1. The van der Waals surface area contributed by atoms with E-state index in [9.17, 15) is 4.79 Å². The molecule has 1 aromatic heterocycles. The lowest BCUT2D eigenvalue weighted by Gasteiger charge is -2.12. The van der Waals surface area contributed by atoms with Gasteiger partial charge in [-0.25, -0.2) is 0 Å². The van der Waals surface area contributed by atoms with E-state index in [-0.39, 0.29) is 5.91 Å². The third kappa shape index (κ3) is 2.63.